The molecule has 0 saturated heterocycles. The second kappa shape index (κ2) is 6.60. The standard InChI is InChI=1S/C17H21FN4O/c1-21(2)17-14-9-22(8-7-15(14)19-11-20-17)10-16(23)12-3-5-13(18)6-4-12/h3-6,11,16,23H,7-10H2,1-2H3. The third-order valence-corrected chi connectivity index (χ3v) is 4.17. The molecule has 0 fully saturated rings. The van der Waals surface area contributed by atoms with Crippen LogP contribution in [0.15, 0.2) is 30.6 Å². The van der Waals surface area contributed by atoms with Crippen LogP contribution >= 0.6 is 0 Å². The van der Waals surface area contributed by atoms with Crippen molar-refractivity contribution in [3.8, 4) is 0 Å². The Morgan fingerprint density at radius 2 is 2.00 bits per heavy atom. The third-order valence-electron chi connectivity index (χ3n) is 4.17. The van der Waals surface area contributed by atoms with Gasteiger partial charge in [0.2, 0.25) is 0 Å². The Bertz CT molecular complexity index is 675. The van der Waals surface area contributed by atoms with Crippen LogP contribution in [0.1, 0.15) is 22.9 Å². The summed E-state index contributed by atoms with van der Waals surface area (Å²) in [5.41, 5.74) is 2.93. The predicted octanol–water partition coefficient (Wildman–Crippen LogP) is 1.77. The molecule has 1 N–H and O–H groups in total. The summed E-state index contributed by atoms with van der Waals surface area (Å²) in [6.07, 6.45) is 1.82. The second-order valence-electron chi connectivity index (χ2n) is 6.07. The average Bonchev–Trinajstić information content (AvgIpc) is 2.54. The zero-order valence-corrected chi connectivity index (χ0v) is 13.4. The summed E-state index contributed by atoms with van der Waals surface area (Å²) < 4.78 is 13.0. The number of anilines is 1. The maximum atomic E-state index is 13.0. The zero-order chi connectivity index (χ0) is 16.4. The van der Waals surface area contributed by atoms with Gasteiger partial charge in [0.15, 0.2) is 0 Å². The summed E-state index contributed by atoms with van der Waals surface area (Å²) in [7, 11) is 3.93. The number of aliphatic hydroxyl groups excluding tert-OH is 1. The van der Waals surface area contributed by atoms with Gasteiger partial charge < -0.3 is 10.0 Å². The van der Waals surface area contributed by atoms with Gasteiger partial charge in [-0.2, -0.15) is 0 Å². The average molecular weight is 316 g/mol. The SMILES string of the molecule is CN(C)c1ncnc2c1CN(CC(O)c1ccc(F)cc1)CC2. The van der Waals surface area contributed by atoms with E-state index < -0.39 is 6.10 Å². The maximum Gasteiger partial charge on any atom is 0.136 e. The number of aromatic nitrogens is 2. The van der Waals surface area contributed by atoms with Gasteiger partial charge in [0.25, 0.3) is 0 Å². The fourth-order valence-corrected chi connectivity index (χ4v) is 2.96. The number of hydrogen-bond acceptors (Lipinski definition) is 5. The minimum Gasteiger partial charge on any atom is -0.387 e. The normalized spacial score (nSPS) is 16.0. The number of nitrogens with zero attached hydrogens (tertiary/aromatic N) is 4. The molecule has 2 heterocycles. The summed E-state index contributed by atoms with van der Waals surface area (Å²) in [5.74, 6) is 0.636. The molecule has 0 spiro atoms. The number of fused-ring (bicyclic) bond motifs is 1. The van der Waals surface area contributed by atoms with E-state index in [0.29, 0.717) is 13.1 Å². The summed E-state index contributed by atoms with van der Waals surface area (Å²) in [6.45, 7) is 2.06. The van der Waals surface area contributed by atoms with E-state index in [4.69, 9.17) is 0 Å². The largest absolute Gasteiger partial charge is 0.387 e. The number of hydrogen-bond donors (Lipinski definition) is 1. The van der Waals surface area contributed by atoms with Gasteiger partial charge in [-0.1, -0.05) is 12.1 Å². The smallest absolute Gasteiger partial charge is 0.136 e. The van der Waals surface area contributed by atoms with Crippen molar-refractivity contribution in [3.05, 3.63) is 53.2 Å². The van der Waals surface area contributed by atoms with Crippen LogP contribution in [0.2, 0.25) is 0 Å². The first-order valence-corrected chi connectivity index (χ1v) is 7.70. The summed E-state index contributed by atoms with van der Waals surface area (Å²) in [6, 6.07) is 6.02. The van der Waals surface area contributed by atoms with Gasteiger partial charge in [-0.15, -0.1) is 0 Å². The van der Waals surface area contributed by atoms with Crippen LogP contribution in [0.4, 0.5) is 10.2 Å². The lowest BCUT2D eigenvalue weighted by Crippen LogP contribution is -2.35. The number of rotatable bonds is 4. The molecule has 23 heavy (non-hydrogen) atoms. The molecule has 0 aliphatic carbocycles. The fraction of sp³-hybridized carbons (Fsp3) is 0.412. The Morgan fingerprint density at radius 3 is 2.70 bits per heavy atom. The third kappa shape index (κ3) is 3.48. The number of β-amino-alcohol motifs (C(OH)–C–C–N with tert-alkyl or cyclic N) is 1. The molecule has 1 aromatic carbocycles. The minimum atomic E-state index is -0.635. The van der Waals surface area contributed by atoms with Gasteiger partial charge >= 0.3 is 0 Å². The zero-order valence-electron chi connectivity index (χ0n) is 13.4. The molecule has 5 nitrogen and oxygen atoms in total. The van der Waals surface area contributed by atoms with Crippen LogP contribution in [0, 0.1) is 5.82 Å². The molecular formula is C17H21FN4O. The molecule has 1 aromatic heterocycles. The highest BCUT2D eigenvalue weighted by Crippen LogP contribution is 2.26. The van der Waals surface area contributed by atoms with Crippen molar-refractivity contribution < 1.29 is 9.50 Å². The lowest BCUT2D eigenvalue weighted by atomic mass is 10.0. The summed E-state index contributed by atoms with van der Waals surface area (Å²) >= 11 is 0. The van der Waals surface area contributed by atoms with Crippen LogP contribution in [-0.2, 0) is 13.0 Å². The molecule has 0 bridgehead atoms. The Balaban J connectivity index is 1.73. The molecular weight excluding hydrogens is 295 g/mol. The van der Waals surface area contributed by atoms with Crippen LogP contribution < -0.4 is 4.90 Å². The van der Waals surface area contributed by atoms with Gasteiger partial charge in [0, 0.05) is 45.7 Å². The van der Waals surface area contributed by atoms with Gasteiger partial charge in [0.05, 0.1) is 11.8 Å². The first-order chi connectivity index (χ1) is 11.0. The summed E-state index contributed by atoms with van der Waals surface area (Å²) in [5, 5.41) is 10.4. The molecule has 1 atom stereocenters. The number of halogens is 1. The van der Waals surface area contributed by atoms with Gasteiger partial charge in [-0.05, 0) is 17.7 Å². The summed E-state index contributed by atoms with van der Waals surface area (Å²) in [4.78, 5) is 12.9. The predicted molar refractivity (Wildman–Crippen MR) is 86.7 cm³/mol. The Hall–Kier alpha value is -2.05. The Kier molecular flexibility index (Phi) is 4.54. The van der Waals surface area contributed by atoms with Gasteiger partial charge in [0.1, 0.15) is 18.0 Å². The lowest BCUT2D eigenvalue weighted by Gasteiger charge is -2.31. The molecule has 2 aromatic rings. The van der Waals surface area contributed by atoms with Crippen molar-refractivity contribution >= 4 is 5.82 Å². The minimum absolute atomic E-state index is 0.291. The molecule has 0 radical (unpaired) electrons. The van der Waals surface area contributed by atoms with Crippen molar-refractivity contribution in [2.24, 2.45) is 0 Å². The Labute approximate surface area is 135 Å². The van der Waals surface area contributed by atoms with Crippen molar-refractivity contribution in [3.63, 3.8) is 0 Å². The van der Waals surface area contributed by atoms with Gasteiger partial charge in [-0.3, -0.25) is 4.90 Å². The molecule has 0 saturated carbocycles. The van der Waals surface area contributed by atoms with E-state index in [1.54, 1.807) is 18.5 Å². The highest BCUT2D eigenvalue weighted by Gasteiger charge is 2.23. The van der Waals surface area contributed by atoms with Crippen molar-refractivity contribution in [1.82, 2.24) is 14.9 Å². The lowest BCUT2D eigenvalue weighted by molar-refractivity contribution is 0.105. The maximum absolute atomic E-state index is 13.0. The first-order valence-electron chi connectivity index (χ1n) is 7.70. The van der Waals surface area contributed by atoms with Gasteiger partial charge in [-0.25, -0.2) is 14.4 Å². The molecule has 1 aliphatic heterocycles. The Morgan fingerprint density at radius 1 is 1.26 bits per heavy atom. The van der Waals surface area contributed by atoms with Crippen LogP contribution in [0.3, 0.4) is 0 Å². The topological polar surface area (TPSA) is 52.5 Å². The molecule has 1 unspecified atom stereocenters. The van der Waals surface area contributed by atoms with Crippen molar-refractivity contribution in [2.45, 2.75) is 19.1 Å². The van der Waals surface area contributed by atoms with E-state index in [9.17, 15) is 9.50 Å². The molecule has 122 valence electrons. The van der Waals surface area contributed by atoms with Crippen molar-refractivity contribution in [1.29, 1.82) is 0 Å². The van der Waals surface area contributed by atoms with Crippen LogP contribution in [-0.4, -0.2) is 47.2 Å². The van der Waals surface area contributed by atoms with E-state index in [-0.39, 0.29) is 5.82 Å². The first kappa shape index (κ1) is 15.8. The van der Waals surface area contributed by atoms with E-state index >= 15 is 0 Å². The number of benzene rings is 1. The molecule has 3 rings (SSSR count). The fourth-order valence-electron chi connectivity index (χ4n) is 2.96. The van der Waals surface area contributed by atoms with Crippen LogP contribution in [0.5, 0.6) is 0 Å². The number of aliphatic hydroxyl groups is 1. The monoisotopic (exact) mass is 316 g/mol. The highest BCUT2D eigenvalue weighted by molar-refractivity contribution is 5.48. The highest BCUT2D eigenvalue weighted by atomic mass is 19.1. The molecule has 6 heteroatoms. The molecule has 0 amide bonds. The quantitative estimate of drug-likeness (QED) is 0.932. The van der Waals surface area contributed by atoms with E-state index in [2.05, 4.69) is 14.9 Å². The van der Waals surface area contributed by atoms with E-state index in [1.807, 2.05) is 19.0 Å². The van der Waals surface area contributed by atoms with E-state index in [0.717, 1.165) is 35.6 Å². The second-order valence-corrected chi connectivity index (χ2v) is 6.07. The van der Waals surface area contributed by atoms with Crippen LogP contribution in [0.25, 0.3) is 0 Å². The molecule has 1 aliphatic rings. The van der Waals surface area contributed by atoms with E-state index in [1.165, 1.54) is 12.1 Å². The van der Waals surface area contributed by atoms with Crippen molar-refractivity contribution in [2.75, 3.05) is 32.1 Å².